The molecule has 1 saturated carbocycles. The first kappa shape index (κ1) is 15.7. The van der Waals surface area contributed by atoms with Crippen LogP contribution >= 0.6 is 0 Å². The second-order valence-electron chi connectivity index (χ2n) is 6.67. The molecule has 0 radical (unpaired) electrons. The van der Waals surface area contributed by atoms with Gasteiger partial charge in [0.25, 0.3) is 0 Å². The molecule has 1 atom stereocenters. The summed E-state index contributed by atoms with van der Waals surface area (Å²) in [6, 6.07) is 0.358. The lowest BCUT2D eigenvalue weighted by Gasteiger charge is -2.29. The van der Waals surface area contributed by atoms with Gasteiger partial charge in [0.05, 0.1) is 19.1 Å². The van der Waals surface area contributed by atoms with Gasteiger partial charge in [-0.1, -0.05) is 25.7 Å². The predicted octanol–water partition coefficient (Wildman–Crippen LogP) is 0.921. The van der Waals surface area contributed by atoms with Gasteiger partial charge in [0.15, 0.2) is 0 Å². The number of nitrogens with one attached hydrogen (secondary N) is 1. The third-order valence-electron chi connectivity index (χ3n) is 5.07. The van der Waals surface area contributed by atoms with E-state index in [4.69, 9.17) is 4.74 Å². The molecule has 1 aliphatic carbocycles. The number of nitrogens with zero attached hydrogens (tertiary/aromatic N) is 2. The summed E-state index contributed by atoms with van der Waals surface area (Å²) in [4.78, 5) is 26.7. The molecule has 1 N–H and O–H groups in total. The van der Waals surface area contributed by atoms with Crippen molar-refractivity contribution in [3.05, 3.63) is 0 Å². The second-order valence-corrected chi connectivity index (χ2v) is 6.67. The molecular weight excluding hydrogens is 282 g/mol. The first-order chi connectivity index (χ1) is 10.7. The third-order valence-corrected chi connectivity index (χ3v) is 5.07. The maximum atomic E-state index is 12.4. The van der Waals surface area contributed by atoms with Gasteiger partial charge in [-0.25, -0.2) is 5.01 Å². The van der Waals surface area contributed by atoms with Crippen molar-refractivity contribution in [3.63, 3.8) is 0 Å². The van der Waals surface area contributed by atoms with E-state index >= 15 is 0 Å². The van der Waals surface area contributed by atoms with Crippen LogP contribution in [0.2, 0.25) is 0 Å². The largest absolute Gasteiger partial charge is 0.379 e. The third kappa shape index (κ3) is 3.79. The van der Waals surface area contributed by atoms with Crippen molar-refractivity contribution in [1.29, 1.82) is 0 Å². The van der Waals surface area contributed by atoms with E-state index in [0.717, 1.165) is 25.9 Å². The number of hydrogen-bond donors (Lipinski definition) is 1. The Morgan fingerprint density at radius 3 is 2.45 bits per heavy atom. The summed E-state index contributed by atoms with van der Waals surface area (Å²) in [5, 5.41) is 1.91. The molecular formula is C16H27N3O3. The van der Waals surface area contributed by atoms with E-state index in [0.29, 0.717) is 32.2 Å². The van der Waals surface area contributed by atoms with E-state index in [2.05, 4.69) is 5.43 Å². The Hall–Kier alpha value is -1.14. The summed E-state index contributed by atoms with van der Waals surface area (Å²) in [5.74, 6) is -0.0426. The number of carbonyl (C=O) groups excluding carboxylic acids is 2. The molecule has 22 heavy (non-hydrogen) atoms. The Kier molecular flexibility index (Phi) is 5.31. The van der Waals surface area contributed by atoms with Crippen LogP contribution in [0, 0.1) is 5.92 Å². The fourth-order valence-electron chi connectivity index (χ4n) is 3.75. The van der Waals surface area contributed by atoms with Crippen molar-refractivity contribution in [1.82, 2.24) is 15.3 Å². The molecule has 3 fully saturated rings. The molecule has 3 rings (SSSR count). The zero-order valence-electron chi connectivity index (χ0n) is 13.3. The van der Waals surface area contributed by atoms with Crippen LogP contribution in [0.1, 0.15) is 44.9 Å². The van der Waals surface area contributed by atoms with Crippen molar-refractivity contribution in [2.75, 3.05) is 32.8 Å². The number of hydrazine groups is 1. The topological polar surface area (TPSA) is 61.9 Å². The van der Waals surface area contributed by atoms with Gasteiger partial charge in [0.2, 0.25) is 11.8 Å². The van der Waals surface area contributed by atoms with Gasteiger partial charge >= 0.3 is 0 Å². The standard InChI is InChI=1S/C16H27N3O3/c20-15-11-13(16(21)17-18-7-9-22-10-8-18)12-19(15)14-5-3-1-2-4-6-14/h13-14H,1-12H2,(H,17,21). The Labute approximate surface area is 132 Å². The van der Waals surface area contributed by atoms with Crippen LogP contribution in [-0.2, 0) is 14.3 Å². The lowest BCUT2D eigenvalue weighted by atomic mass is 10.1. The summed E-state index contributed by atoms with van der Waals surface area (Å²) in [6.07, 6.45) is 7.54. The summed E-state index contributed by atoms with van der Waals surface area (Å²) in [5.41, 5.74) is 2.95. The Bertz CT molecular complexity index is 401. The Morgan fingerprint density at radius 1 is 1.09 bits per heavy atom. The van der Waals surface area contributed by atoms with Crippen LogP contribution in [0.4, 0.5) is 0 Å². The number of ether oxygens (including phenoxy) is 1. The average Bonchev–Trinajstić information content (AvgIpc) is 2.74. The van der Waals surface area contributed by atoms with Gasteiger partial charge in [-0.2, -0.15) is 0 Å². The molecule has 0 aromatic carbocycles. The van der Waals surface area contributed by atoms with Gasteiger partial charge in [-0.05, 0) is 12.8 Å². The molecule has 6 nitrogen and oxygen atoms in total. The fourth-order valence-corrected chi connectivity index (χ4v) is 3.75. The van der Waals surface area contributed by atoms with Crippen molar-refractivity contribution in [3.8, 4) is 0 Å². The normalized spacial score (nSPS) is 28.6. The number of morpholine rings is 1. The molecule has 1 unspecified atom stereocenters. The van der Waals surface area contributed by atoms with Crippen molar-refractivity contribution >= 4 is 11.8 Å². The van der Waals surface area contributed by atoms with E-state index in [1.54, 1.807) is 0 Å². The van der Waals surface area contributed by atoms with Crippen molar-refractivity contribution in [2.45, 2.75) is 51.0 Å². The molecule has 0 aromatic heterocycles. The molecule has 0 bridgehead atoms. The highest BCUT2D eigenvalue weighted by Crippen LogP contribution is 2.28. The molecule has 2 heterocycles. The zero-order chi connectivity index (χ0) is 15.4. The minimum Gasteiger partial charge on any atom is -0.379 e. The molecule has 3 aliphatic rings. The fraction of sp³-hybridized carbons (Fsp3) is 0.875. The predicted molar refractivity (Wildman–Crippen MR) is 81.8 cm³/mol. The van der Waals surface area contributed by atoms with Gasteiger partial charge in [-0.3, -0.25) is 15.0 Å². The summed E-state index contributed by atoms with van der Waals surface area (Å²) >= 11 is 0. The monoisotopic (exact) mass is 309 g/mol. The molecule has 2 saturated heterocycles. The number of rotatable bonds is 3. The quantitative estimate of drug-likeness (QED) is 0.788. The van der Waals surface area contributed by atoms with Gasteiger partial charge in [-0.15, -0.1) is 0 Å². The Balaban J connectivity index is 1.52. The highest BCUT2D eigenvalue weighted by Gasteiger charge is 2.38. The highest BCUT2D eigenvalue weighted by atomic mass is 16.5. The highest BCUT2D eigenvalue weighted by molar-refractivity contribution is 5.89. The van der Waals surface area contributed by atoms with Gasteiger partial charge < -0.3 is 9.64 Å². The van der Waals surface area contributed by atoms with Crippen molar-refractivity contribution in [2.24, 2.45) is 5.92 Å². The van der Waals surface area contributed by atoms with E-state index in [1.165, 1.54) is 25.7 Å². The average molecular weight is 309 g/mol. The summed E-state index contributed by atoms with van der Waals surface area (Å²) < 4.78 is 5.28. The molecule has 6 heteroatoms. The molecule has 0 aromatic rings. The van der Waals surface area contributed by atoms with Crippen LogP contribution in [0.3, 0.4) is 0 Å². The van der Waals surface area contributed by atoms with Gasteiger partial charge in [0, 0.05) is 32.1 Å². The summed E-state index contributed by atoms with van der Waals surface area (Å²) in [7, 11) is 0. The molecule has 2 amide bonds. The second kappa shape index (κ2) is 7.42. The van der Waals surface area contributed by atoms with Crippen LogP contribution in [0.5, 0.6) is 0 Å². The Morgan fingerprint density at radius 2 is 1.77 bits per heavy atom. The SMILES string of the molecule is O=C(NN1CCOCC1)C1CC(=O)N(C2CCCCCC2)C1. The molecule has 124 valence electrons. The lowest BCUT2D eigenvalue weighted by Crippen LogP contribution is -2.50. The van der Waals surface area contributed by atoms with Gasteiger partial charge in [0.1, 0.15) is 0 Å². The van der Waals surface area contributed by atoms with Crippen LogP contribution in [0.25, 0.3) is 0 Å². The summed E-state index contributed by atoms with van der Waals surface area (Å²) in [6.45, 7) is 3.34. The van der Waals surface area contributed by atoms with E-state index in [-0.39, 0.29) is 17.7 Å². The number of carbonyl (C=O) groups is 2. The van der Waals surface area contributed by atoms with E-state index < -0.39 is 0 Å². The first-order valence-electron chi connectivity index (χ1n) is 8.66. The van der Waals surface area contributed by atoms with Crippen LogP contribution in [-0.4, -0.2) is 60.6 Å². The zero-order valence-corrected chi connectivity index (χ0v) is 13.3. The molecule has 2 aliphatic heterocycles. The van der Waals surface area contributed by atoms with E-state index in [1.807, 2.05) is 9.91 Å². The van der Waals surface area contributed by atoms with Crippen LogP contribution in [0.15, 0.2) is 0 Å². The smallest absolute Gasteiger partial charge is 0.239 e. The van der Waals surface area contributed by atoms with Crippen LogP contribution < -0.4 is 5.43 Å². The lowest BCUT2D eigenvalue weighted by molar-refractivity contribution is -0.133. The number of hydrogen-bond acceptors (Lipinski definition) is 4. The van der Waals surface area contributed by atoms with E-state index in [9.17, 15) is 9.59 Å². The van der Waals surface area contributed by atoms with Crippen molar-refractivity contribution < 1.29 is 14.3 Å². The minimum atomic E-state index is -0.196. The number of amides is 2. The number of likely N-dealkylation sites (tertiary alicyclic amines) is 1. The minimum absolute atomic E-state index is 0.00799. The maximum Gasteiger partial charge on any atom is 0.239 e. The molecule has 0 spiro atoms. The first-order valence-corrected chi connectivity index (χ1v) is 8.66. The maximum absolute atomic E-state index is 12.4.